The summed E-state index contributed by atoms with van der Waals surface area (Å²) >= 11 is 0. The number of hydrogen-bond acceptors (Lipinski definition) is 5. The van der Waals surface area contributed by atoms with Gasteiger partial charge in [-0.1, -0.05) is 24.3 Å². The molecule has 33 heavy (non-hydrogen) atoms. The van der Waals surface area contributed by atoms with E-state index in [1.165, 1.54) is 36.0 Å². The number of fused-ring (bicyclic) bond motifs is 3. The number of rotatable bonds is 6. The van der Waals surface area contributed by atoms with Crippen LogP contribution in [0.3, 0.4) is 0 Å². The molecule has 3 aliphatic rings. The number of esters is 1. The van der Waals surface area contributed by atoms with Gasteiger partial charge >= 0.3 is 5.97 Å². The molecular formula is C26H31BFN3O2. The molecule has 1 unspecified atom stereocenters. The van der Waals surface area contributed by atoms with Gasteiger partial charge in [-0.25, -0.2) is 4.39 Å². The van der Waals surface area contributed by atoms with E-state index in [0.717, 1.165) is 45.6 Å². The minimum absolute atomic E-state index is 0.337. The van der Waals surface area contributed by atoms with Crippen molar-refractivity contribution < 1.29 is 13.9 Å². The molecule has 1 saturated heterocycles. The molecule has 0 aromatic heterocycles. The lowest BCUT2D eigenvalue weighted by molar-refractivity contribution is -0.150. The molecular weight excluding hydrogens is 416 g/mol. The van der Waals surface area contributed by atoms with Crippen LogP contribution < -0.4 is 9.80 Å². The second kappa shape index (κ2) is 8.67. The lowest BCUT2D eigenvalue weighted by Crippen LogP contribution is -2.49. The van der Waals surface area contributed by atoms with Crippen LogP contribution in [-0.4, -0.2) is 64.5 Å². The van der Waals surface area contributed by atoms with E-state index in [9.17, 15) is 9.18 Å². The van der Waals surface area contributed by atoms with Gasteiger partial charge in [-0.2, -0.15) is 0 Å². The molecule has 5 rings (SSSR count). The Hall–Kier alpha value is -2.54. The number of carbonyl (C=O) groups is 1. The van der Waals surface area contributed by atoms with E-state index >= 15 is 0 Å². The van der Waals surface area contributed by atoms with Gasteiger partial charge in [-0.05, 0) is 55.1 Å². The SMILES string of the molecule is [B]C(CCCN1CC[C@H]2[C@@H](C1)c1cccc3c1N2CCN3C)(OC(C)=O)c1ccc(F)cc1. The number of likely N-dealkylation sites (N-methyl/N-ethyl adjacent to an activating group) is 1. The van der Waals surface area contributed by atoms with Crippen LogP contribution in [-0.2, 0) is 15.0 Å². The Morgan fingerprint density at radius 3 is 2.73 bits per heavy atom. The number of likely N-dealkylation sites (tertiary alicyclic amines) is 1. The number of carbonyl (C=O) groups excluding carboxylic acids is 1. The number of halogens is 1. The fourth-order valence-electron chi connectivity index (χ4n) is 5.99. The molecule has 0 aliphatic carbocycles. The van der Waals surface area contributed by atoms with E-state index in [4.69, 9.17) is 12.6 Å². The maximum atomic E-state index is 13.4. The van der Waals surface area contributed by atoms with Crippen molar-refractivity contribution >= 4 is 25.2 Å². The Morgan fingerprint density at radius 1 is 1.18 bits per heavy atom. The van der Waals surface area contributed by atoms with Gasteiger partial charge in [-0.3, -0.25) is 4.79 Å². The van der Waals surface area contributed by atoms with Gasteiger partial charge in [0.25, 0.3) is 0 Å². The second-order valence-corrected chi connectivity index (χ2v) is 9.69. The standard InChI is InChI=1S/C26H31BFN3O2/c1-18(32)33-26(27,19-7-9-20(28)10-8-19)12-4-13-30-14-11-23-22(17-30)21-5-3-6-24-25(21)31(23)16-15-29(24)2/h3,5-10,22-23H,4,11-17H2,1-2H3/t22-,23-,26?/m0/s1. The van der Waals surface area contributed by atoms with Crippen molar-refractivity contribution in [3.05, 3.63) is 59.4 Å². The van der Waals surface area contributed by atoms with Gasteiger partial charge in [0.15, 0.2) is 0 Å². The summed E-state index contributed by atoms with van der Waals surface area (Å²) in [7, 11) is 8.70. The highest BCUT2D eigenvalue weighted by molar-refractivity contribution is 6.15. The minimum atomic E-state index is -1.24. The third-order valence-electron chi connectivity index (χ3n) is 7.56. The Bertz CT molecular complexity index is 1030. The number of ether oxygens (including phenoxy) is 1. The Kier molecular flexibility index (Phi) is 5.85. The van der Waals surface area contributed by atoms with E-state index in [2.05, 4.69) is 39.9 Å². The fourth-order valence-corrected chi connectivity index (χ4v) is 5.99. The summed E-state index contributed by atoms with van der Waals surface area (Å²) in [6.07, 6.45) is 2.43. The number of hydrogen-bond donors (Lipinski definition) is 0. The van der Waals surface area contributed by atoms with Crippen molar-refractivity contribution in [2.45, 2.75) is 43.6 Å². The first-order valence-electron chi connectivity index (χ1n) is 11.9. The Balaban J connectivity index is 1.26. The van der Waals surface area contributed by atoms with Crippen LogP contribution in [0.15, 0.2) is 42.5 Å². The molecule has 7 heteroatoms. The topological polar surface area (TPSA) is 36.0 Å². The molecule has 0 bridgehead atoms. The van der Waals surface area contributed by atoms with E-state index in [-0.39, 0.29) is 5.82 Å². The van der Waals surface area contributed by atoms with Crippen molar-refractivity contribution in [2.24, 2.45) is 0 Å². The first-order chi connectivity index (χ1) is 15.9. The summed E-state index contributed by atoms with van der Waals surface area (Å²) in [5.41, 5.74) is 3.65. The third-order valence-corrected chi connectivity index (χ3v) is 7.56. The Labute approximate surface area is 196 Å². The fraction of sp³-hybridized carbons (Fsp3) is 0.500. The lowest BCUT2D eigenvalue weighted by atomic mass is 9.72. The third kappa shape index (κ3) is 4.12. The van der Waals surface area contributed by atoms with E-state index in [1.807, 2.05) is 0 Å². The molecule has 3 heterocycles. The zero-order chi connectivity index (χ0) is 23.2. The molecule has 2 radical (unpaired) electrons. The number of para-hydroxylation sites is 1. The molecule has 172 valence electrons. The summed E-state index contributed by atoms with van der Waals surface area (Å²) in [4.78, 5) is 19.3. The van der Waals surface area contributed by atoms with Crippen LogP contribution in [0.5, 0.6) is 0 Å². The first kappa shape index (κ1) is 22.3. The molecule has 3 atom stereocenters. The second-order valence-electron chi connectivity index (χ2n) is 9.69. The summed E-state index contributed by atoms with van der Waals surface area (Å²) in [5.74, 6) is -0.249. The van der Waals surface area contributed by atoms with Crippen molar-refractivity contribution in [3.63, 3.8) is 0 Å². The summed E-state index contributed by atoms with van der Waals surface area (Å²) in [6.45, 7) is 6.50. The van der Waals surface area contributed by atoms with Crippen molar-refractivity contribution in [1.29, 1.82) is 0 Å². The zero-order valence-electron chi connectivity index (χ0n) is 19.5. The lowest BCUT2D eigenvalue weighted by Gasteiger charge is -2.42. The molecule has 2 aromatic carbocycles. The predicted molar refractivity (Wildman–Crippen MR) is 129 cm³/mol. The normalized spacial score (nSPS) is 23.6. The maximum Gasteiger partial charge on any atom is 0.302 e. The number of nitrogens with zero attached hydrogens (tertiary/aromatic N) is 3. The molecule has 0 amide bonds. The molecule has 1 fully saturated rings. The van der Waals surface area contributed by atoms with Crippen LogP contribution in [0.1, 0.15) is 43.2 Å². The summed E-state index contributed by atoms with van der Waals surface area (Å²) in [5, 5.41) is 0. The molecule has 3 aliphatic heterocycles. The minimum Gasteiger partial charge on any atom is -0.465 e. The molecule has 0 N–H and O–H groups in total. The van der Waals surface area contributed by atoms with Gasteiger partial charge in [0.1, 0.15) is 13.7 Å². The molecule has 0 spiro atoms. The highest BCUT2D eigenvalue weighted by atomic mass is 19.1. The van der Waals surface area contributed by atoms with Crippen molar-refractivity contribution in [2.75, 3.05) is 49.6 Å². The summed E-state index contributed by atoms with van der Waals surface area (Å²) in [6, 6.07) is 13.2. The predicted octanol–water partition coefficient (Wildman–Crippen LogP) is 3.62. The maximum absolute atomic E-state index is 13.4. The Morgan fingerprint density at radius 2 is 1.97 bits per heavy atom. The molecule has 2 aromatic rings. The van der Waals surface area contributed by atoms with Crippen LogP contribution in [0.4, 0.5) is 15.8 Å². The summed E-state index contributed by atoms with van der Waals surface area (Å²) < 4.78 is 18.9. The average Bonchev–Trinajstić information content (AvgIpc) is 3.10. The van der Waals surface area contributed by atoms with Gasteiger partial charge in [-0.15, -0.1) is 0 Å². The smallest absolute Gasteiger partial charge is 0.302 e. The van der Waals surface area contributed by atoms with E-state index in [0.29, 0.717) is 23.9 Å². The number of anilines is 2. The van der Waals surface area contributed by atoms with Crippen LogP contribution in [0, 0.1) is 5.82 Å². The van der Waals surface area contributed by atoms with Crippen LogP contribution in [0.25, 0.3) is 0 Å². The van der Waals surface area contributed by atoms with Gasteiger partial charge in [0.05, 0.1) is 16.9 Å². The van der Waals surface area contributed by atoms with Gasteiger partial charge < -0.3 is 19.4 Å². The van der Waals surface area contributed by atoms with Gasteiger partial charge in [0, 0.05) is 52.1 Å². The highest BCUT2D eigenvalue weighted by Crippen LogP contribution is 2.50. The van der Waals surface area contributed by atoms with Crippen molar-refractivity contribution in [3.8, 4) is 0 Å². The quantitative estimate of drug-likeness (QED) is 0.500. The average molecular weight is 447 g/mol. The van der Waals surface area contributed by atoms with Gasteiger partial charge in [0.2, 0.25) is 0 Å². The van der Waals surface area contributed by atoms with Crippen LogP contribution in [0.2, 0.25) is 0 Å². The van der Waals surface area contributed by atoms with Crippen molar-refractivity contribution in [1.82, 2.24) is 4.90 Å². The van der Waals surface area contributed by atoms with E-state index in [1.54, 1.807) is 12.1 Å². The van der Waals surface area contributed by atoms with E-state index < -0.39 is 11.5 Å². The zero-order valence-corrected chi connectivity index (χ0v) is 19.5. The first-order valence-corrected chi connectivity index (χ1v) is 11.9. The molecule has 5 nitrogen and oxygen atoms in total. The molecule has 0 saturated carbocycles. The largest absolute Gasteiger partial charge is 0.465 e. The monoisotopic (exact) mass is 447 g/mol. The van der Waals surface area contributed by atoms with Crippen LogP contribution >= 0.6 is 0 Å². The highest BCUT2D eigenvalue weighted by Gasteiger charge is 2.44. The number of piperidine rings is 1. The number of benzene rings is 2.